The van der Waals surface area contributed by atoms with Gasteiger partial charge in [0.05, 0.1) is 24.3 Å². The van der Waals surface area contributed by atoms with E-state index in [1.807, 2.05) is 30.1 Å². The molecular formula is C16H19N3OS. The van der Waals surface area contributed by atoms with Crippen LogP contribution in [0.15, 0.2) is 42.0 Å². The van der Waals surface area contributed by atoms with E-state index in [9.17, 15) is 4.79 Å². The first-order valence-corrected chi connectivity index (χ1v) is 8.07. The van der Waals surface area contributed by atoms with Crippen molar-refractivity contribution in [3.8, 4) is 0 Å². The van der Waals surface area contributed by atoms with Crippen molar-refractivity contribution in [1.82, 2.24) is 9.88 Å². The molecule has 1 unspecified atom stereocenters. The SMILES string of the molecule is CN1CCCC1C(=O)N(Cc1ccccc1)c1cncs1. The number of hydrogen-bond acceptors (Lipinski definition) is 4. The van der Waals surface area contributed by atoms with Gasteiger partial charge < -0.3 is 0 Å². The van der Waals surface area contributed by atoms with Crippen LogP contribution in [-0.2, 0) is 11.3 Å². The number of likely N-dealkylation sites (tertiary alicyclic amines) is 1. The number of aromatic nitrogens is 1. The zero-order chi connectivity index (χ0) is 14.7. The molecule has 1 aliphatic rings. The van der Waals surface area contributed by atoms with Gasteiger partial charge in [-0.25, -0.2) is 0 Å². The summed E-state index contributed by atoms with van der Waals surface area (Å²) >= 11 is 1.51. The summed E-state index contributed by atoms with van der Waals surface area (Å²) in [5.74, 6) is 0.183. The van der Waals surface area contributed by atoms with E-state index >= 15 is 0 Å². The van der Waals surface area contributed by atoms with Crippen molar-refractivity contribution in [2.24, 2.45) is 0 Å². The van der Waals surface area contributed by atoms with E-state index in [1.54, 1.807) is 11.7 Å². The molecule has 5 heteroatoms. The quantitative estimate of drug-likeness (QED) is 0.871. The zero-order valence-electron chi connectivity index (χ0n) is 12.1. The van der Waals surface area contributed by atoms with Crippen molar-refractivity contribution in [1.29, 1.82) is 0 Å². The Morgan fingerprint density at radius 3 is 2.86 bits per heavy atom. The average Bonchev–Trinajstić information content (AvgIpc) is 3.16. The fraction of sp³-hybridized carbons (Fsp3) is 0.375. The first kappa shape index (κ1) is 14.2. The molecule has 0 aliphatic carbocycles. The maximum Gasteiger partial charge on any atom is 0.245 e. The van der Waals surface area contributed by atoms with Gasteiger partial charge in [-0.15, -0.1) is 11.3 Å². The second-order valence-electron chi connectivity index (χ2n) is 5.39. The number of carbonyl (C=O) groups is 1. The molecule has 1 aromatic heterocycles. The predicted molar refractivity (Wildman–Crippen MR) is 85.4 cm³/mol. The summed E-state index contributed by atoms with van der Waals surface area (Å²) in [4.78, 5) is 21.1. The van der Waals surface area contributed by atoms with Gasteiger partial charge >= 0.3 is 0 Å². The van der Waals surface area contributed by atoms with Crippen molar-refractivity contribution in [3.05, 3.63) is 47.6 Å². The van der Waals surface area contributed by atoms with Crippen LogP contribution in [0.2, 0.25) is 0 Å². The molecule has 0 radical (unpaired) electrons. The van der Waals surface area contributed by atoms with Crippen LogP contribution < -0.4 is 4.90 Å². The van der Waals surface area contributed by atoms with E-state index in [0.29, 0.717) is 6.54 Å². The van der Waals surface area contributed by atoms with E-state index < -0.39 is 0 Å². The summed E-state index contributed by atoms with van der Waals surface area (Å²) in [6.45, 7) is 1.60. The summed E-state index contributed by atoms with van der Waals surface area (Å²) in [5.41, 5.74) is 2.92. The molecule has 0 N–H and O–H groups in total. The number of likely N-dealkylation sites (N-methyl/N-ethyl adjacent to an activating group) is 1. The summed E-state index contributed by atoms with van der Waals surface area (Å²) in [6.07, 6.45) is 3.81. The largest absolute Gasteiger partial charge is 0.297 e. The van der Waals surface area contributed by atoms with E-state index in [4.69, 9.17) is 0 Å². The molecule has 0 bridgehead atoms. The summed E-state index contributed by atoms with van der Waals surface area (Å²) in [5, 5.41) is 0.921. The Labute approximate surface area is 129 Å². The van der Waals surface area contributed by atoms with Crippen LogP contribution in [0.3, 0.4) is 0 Å². The van der Waals surface area contributed by atoms with Gasteiger partial charge in [-0.1, -0.05) is 30.3 Å². The summed E-state index contributed by atoms with van der Waals surface area (Å²) in [6, 6.07) is 10.1. The Kier molecular flexibility index (Phi) is 4.31. The van der Waals surface area contributed by atoms with Crippen molar-refractivity contribution < 1.29 is 4.79 Å². The minimum atomic E-state index is -0.00388. The number of amides is 1. The van der Waals surface area contributed by atoms with E-state index in [-0.39, 0.29) is 11.9 Å². The van der Waals surface area contributed by atoms with Crippen molar-refractivity contribution >= 4 is 22.2 Å². The fourth-order valence-corrected chi connectivity index (χ4v) is 3.41. The highest BCUT2D eigenvalue weighted by Gasteiger charge is 2.32. The lowest BCUT2D eigenvalue weighted by atomic mass is 10.1. The van der Waals surface area contributed by atoms with Crippen molar-refractivity contribution in [2.45, 2.75) is 25.4 Å². The Morgan fingerprint density at radius 1 is 1.43 bits per heavy atom. The first-order chi connectivity index (χ1) is 10.3. The molecule has 110 valence electrons. The maximum absolute atomic E-state index is 12.9. The van der Waals surface area contributed by atoms with Crippen LogP contribution in [0.5, 0.6) is 0 Å². The van der Waals surface area contributed by atoms with Crippen LogP contribution in [0.25, 0.3) is 0 Å². The Hall–Kier alpha value is -1.72. The number of hydrogen-bond donors (Lipinski definition) is 0. The third-order valence-electron chi connectivity index (χ3n) is 3.94. The zero-order valence-corrected chi connectivity index (χ0v) is 12.9. The highest BCUT2D eigenvalue weighted by atomic mass is 32.1. The molecule has 1 aliphatic heterocycles. The van der Waals surface area contributed by atoms with Gasteiger partial charge in [-0.2, -0.15) is 0 Å². The first-order valence-electron chi connectivity index (χ1n) is 7.20. The molecule has 21 heavy (non-hydrogen) atoms. The van der Waals surface area contributed by atoms with Gasteiger partial charge in [0.2, 0.25) is 5.91 Å². The van der Waals surface area contributed by atoms with E-state index in [2.05, 4.69) is 22.0 Å². The minimum Gasteiger partial charge on any atom is -0.297 e. The third kappa shape index (κ3) is 3.14. The van der Waals surface area contributed by atoms with E-state index in [1.165, 1.54) is 11.3 Å². The lowest BCUT2D eigenvalue weighted by Crippen LogP contribution is -2.43. The third-order valence-corrected chi connectivity index (χ3v) is 4.73. The second kappa shape index (κ2) is 6.37. The van der Waals surface area contributed by atoms with Gasteiger partial charge in [0.1, 0.15) is 5.00 Å². The van der Waals surface area contributed by atoms with Crippen molar-refractivity contribution in [2.75, 3.05) is 18.5 Å². The molecule has 2 heterocycles. The Balaban J connectivity index is 1.84. The number of anilines is 1. The molecule has 1 fully saturated rings. The maximum atomic E-state index is 12.9. The molecule has 1 saturated heterocycles. The lowest BCUT2D eigenvalue weighted by molar-refractivity contribution is -0.122. The summed E-state index contributed by atoms with van der Waals surface area (Å²) < 4.78 is 0. The number of benzene rings is 1. The standard InChI is InChI=1S/C16H19N3OS/c1-18-9-5-8-14(18)16(20)19(15-10-17-12-21-15)11-13-6-3-2-4-7-13/h2-4,6-7,10,12,14H,5,8-9,11H2,1H3. The molecule has 1 atom stereocenters. The minimum absolute atomic E-state index is 0.00388. The van der Waals surface area contributed by atoms with Gasteiger partial charge in [0, 0.05) is 0 Å². The number of nitrogens with zero attached hydrogens (tertiary/aromatic N) is 3. The number of thiazole rings is 1. The monoisotopic (exact) mass is 301 g/mol. The van der Waals surface area contributed by atoms with Crippen LogP contribution >= 0.6 is 11.3 Å². The molecule has 0 saturated carbocycles. The van der Waals surface area contributed by atoms with Crippen molar-refractivity contribution in [3.63, 3.8) is 0 Å². The normalized spacial score (nSPS) is 18.8. The molecular weight excluding hydrogens is 282 g/mol. The van der Waals surface area contributed by atoms with E-state index in [0.717, 1.165) is 30.0 Å². The van der Waals surface area contributed by atoms with Gasteiger partial charge in [-0.3, -0.25) is 19.6 Å². The number of carbonyl (C=O) groups excluding carboxylic acids is 1. The lowest BCUT2D eigenvalue weighted by Gasteiger charge is -2.27. The van der Waals surface area contributed by atoms with Crippen LogP contribution in [0.4, 0.5) is 5.00 Å². The molecule has 0 spiro atoms. The Morgan fingerprint density at radius 2 is 2.24 bits per heavy atom. The topological polar surface area (TPSA) is 36.4 Å². The smallest absolute Gasteiger partial charge is 0.245 e. The van der Waals surface area contributed by atoms with Gasteiger partial charge in [0.15, 0.2) is 0 Å². The predicted octanol–water partition coefficient (Wildman–Crippen LogP) is 2.77. The highest BCUT2D eigenvalue weighted by Crippen LogP contribution is 2.26. The number of rotatable bonds is 4. The highest BCUT2D eigenvalue weighted by molar-refractivity contribution is 7.14. The summed E-state index contributed by atoms with van der Waals surface area (Å²) in [7, 11) is 2.03. The second-order valence-corrected chi connectivity index (χ2v) is 6.25. The molecule has 4 nitrogen and oxygen atoms in total. The average molecular weight is 301 g/mol. The molecule has 1 amide bonds. The van der Waals surface area contributed by atoms with Gasteiger partial charge in [-0.05, 0) is 32.0 Å². The fourth-order valence-electron chi connectivity index (χ4n) is 2.77. The molecule has 2 aromatic rings. The van der Waals surface area contributed by atoms with Crippen LogP contribution in [0.1, 0.15) is 18.4 Å². The van der Waals surface area contributed by atoms with Crippen LogP contribution in [-0.4, -0.2) is 35.4 Å². The Bertz CT molecular complexity index is 585. The van der Waals surface area contributed by atoms with Gasteiger partial charge in [0.25, 0.3) is 0 Å². The molecule has 1 aromatic carbocycles. The van der Waals surface area contributed by atoms with Crippen LogP contribution in [0, 0.1) is 0 Å². The molecule has 3 rings (SSSR count).